The number of hydrogen-bond donors (Lipinski definition) is 0. The molecule has 8 nitrogen and oxygen atoms in total. The lowest BCUT2D eigenvalue weighted by Gasteiger charge is -2.44. The van der Waals surface area contributed by atoms with Crippen LogP contribution in [0.3, 0.4) is 0 Å². The van der Waals surface area contributed by atoms with E-state index >= 15 is 0 Å². The Morgan fingerprint density at radius 1 is 1.39 bits per heavy atom. The molecule has 0 spiro atoms. The van der Waals surface area contributed by atoms with Crippen molar-refractivity contribution in [1.29, 1.82) is 0 Å². The van der Waals surface area contributed by atoms with Gasteiger partial charge in [-0.3, -0.25) is 18.8 Å². The van der Waals surface area contributed by atoms with Crippen molar-refractivity contribution in [3.63, 3.8) is 0 Å². The zero-order chi connectivity index (χ0) is 21.9. The lowest BCUT2D eigenvalue weighted by Crippen LogP contribution is -2.58. The largest absolute Gasteiger partial charge is 0.469 e. The van der Waals surface area contributed by atoms with Crippen LogP contribution < -0.4 is 19.6 Å². The molecule has 9 heteroatoms. The van der Waals surface area contributed by atoms with Crippen LogP contribution in [0.1, 0.15) is 36.7 Å². The highest BCUT2D eigenvalue weighted by Crippen LogP contribution is 2.47. The fourth-order valence-electron chi connectivity index (χ4n) is 4.41. The van der Waals surface area contributed by atoms with Gasteiger partial charge in [-0.1, -0.05) is 29.5 Å². The van der Waals surface area contributed by atoms with Crippen molar-refractivity contribution < 1.29 is 14.3 Å². The molecular weight excluding hydrogens is 416 g/mol. The highest BCUT2D eigenvalue weighted by molar-refractivity contribution is 7.07. The van der Waals surface area contributed by atoms with Crippen molar-refractivity contribution in [1.82, 2.24) is 14.3 Å². The number of carbonyl (C=O) groups excluding carboxylic acids is 1. The van der Waals surface area contributed by atoms with Gasteiger partial charge in [-0.2, -0.15) is 5.10 Å². The first kappa shape index (κ1) is 19.7. The monoisotopic (exact) mass is 438 g/mol. The predicted molar refractivity (Wildman–Crippen MR) is 115 cm³/mol. The topological polar surface area (TPSA) is 87.7 Å². The van der Waals surface area contributed by atoms with Crippen LogP contribution in [0.5, 0.6) is 5.75 Å². The Labute approximate surface area is 182 Å². The molecule has 2 bridgehead atoms. The quantitative estimate of drug-likeness (QED) is 0.577. The summed E-state index contributed by atoms with van der Waals surface area (Å²) in [6.07, 6.45) is 3.76. The number of ether oxygens (including phenoxy) is 2. The Morgan fingerprint density at radius 2 is 2.16 bits per heavy atom. The van der Waals surface area contributed by atoms with Crippen molar-refractivity contribution >= 4 is 23.4 Å². The lowest BCUT2D eigenvalue weighted by atomic mass is 9.81. The number of aromatic nitrogens is 3. The molecule has 3 atom stereocenters. The first-order chi connectivity index (χ1) is 14.9. The van der Waals surface area contributed by atoms with Crippen molar-refractivity contribution in [2.45, 2.75) is 39.1 Å². The smallest absolute Gasteiger partial charge is 0.317 e. The fourth-order valence-corrected chi connectivity index (χ4v) is 5.50. The molecule has 5 rings (SSSR count). The van der Waals surface area contributed by atoms with Crippen LogP contribution in [0.2, 0.25) is 0 Å². The highest BCUT2D eigenvalue weighted by Gasteiger charge is 2.55. The minimum Gasteiger partial charge on any atom is -0.469 e. The molecule has 0 radical (unpaired) electrons. The molecule has 2 aliphatic heterocycles. The molecule has 0 amide bonds. The number of thiazole rings is 1. The van der Waals surface area contributed by atoms with Gasteiger partial charge in [-0.15, -0.1) is 0 Å². The minimum atomic E-state index is -1.16. The summed E-state index contributed by atoms with van der Waals surface area (Å²) in [4.78, 5) is 31.6. The minimum absolute atomic E-state index is 0.190. The number of fused-ring (bicyclic) bond motifs is 6. The third kappa shape index (κ3) is 2.87. The average Bonchev–Trinajstić information content (AvgIpc) is 3.25. The normalized spacial score (nSPS) is 24.1. The Morgan fingerprint density at radius 3 is 2.87 bits per heavy atom. The standard InChI is InChI=1S/C22H22N4O4S/c1-5-25-11-13(12(2)24-25)10-16-19(27)26-18-14-8-6-7-9-15(14)30-22(3,23-21(26)31-16)17(18)20(28)29-4/h6-11,17-18H,5H2,1-4H3/b16-10+/t17-,18-,22+/m0/s1. The lowest BCUT2D eigenvalue weighted by molar-refractivity contribution is -0.158. The second-order valence-corrected chi connectivity index (χ2v) is 8.86. The summed E-state index contributed by atoms with van der Waals surface area (Å²) in [7, 11) is 1.34. The first-order valence-electron chi connectivity index (χ1n) is 10.1. The number of hydrogen-bond acceptors (Lipinski definition) is 7. The summed E-state index contributed by atoms with van der Waals surface area (Å²) in [5, 5.41) is 4.45. The maximum Gasteiger partial charge on any atom is 0.317 e. The molecule has 0 unspecified atom stereocenters. The molecule has 4 heterocycles. The van der Waals surface area contributed by atoms with E-state index in [2.05, 4.69) is 5.10 Å². The zero-order valence-electron chi connectivity index (χ0n) is 17.7. The van der Waals surface area contributed by atoms with E-state index < -0.39 is 23.7 Å². The number of rotatable bonds is 3. The van der Waals surface area contributed by atoms with Gasteiger partial charge in [-0.05, 0) is 32.9 Å². The van der Waals surface area contributed by atoms with Gasteiger partial charge in [0.25, 0.3) is 5.56 Å². The van der Waals surface area contributed by atoms with Crippen molar-refractivity contribution in [3.05, 3.63) is 67.0 Å². The van der Waals surface area contributed by atoms with Crippen LogP contribution in [-0.2, 0) is 16.1 Å². The average molecular weight is 439 g/mol. The maximum atomic E-state index is 13.5. The van der Waals surface area contributed by atoms with E-state index in [4.69, 9.17) is 14.5 Å². The SMILES string of the molecule is CCn1cc(/C=c2/sc3n(c2=O)[C@H]2c4ccccc4O[C@@](C)(N=3)[C@@H]2C(=O)OC)c(C)n1. The number of carbonyl (C=O) groups is 1. The van der Waals surface area contributed by atoms with Gasteiger partial charge >= 0.3 is 5.97 Å². The van der Waals surface area contributed by atoms with E-state index in [1.165, 1.54) is 18.4 Å². The van der Waals surface area contributed by atoms with Crippen LogP contribution in [0, 0.1) is 12.8 Å². The van der Waals surface area contributed by atoms with Crippen molar-refractivity contribution in [3.8, 4) is 5.75 Å². The summed E-state index contributed by atoms with van der Waals surface area (Å²) >= 11 is 1.29. The fraction of sp³-hybridized carbons (Fsp3) is 0.364. The summed E-state index contributed by atoms with van der Waals surface area (Å²) in [5.74, 6) is -0.613. The molecule has 2 aliphatic rings. The van der Waals surface area contributed by atoms with Crippen LogP contribution in [-0.4, -0.2) is 33.2 Å². The third-order valence-corrected chi connectivity index (χ3v) is 6.91. The molecule has 2 aromatic heterocycles. The molecule has 0 fully saturated rings. The molecule has 1 aromatic carbocycles. The number of aryl methyl sites for hydroxylation is 2. The zero-order valence-corrected chi connectivity index (χ0v) is 18.5. The summed E-state index contributed by atoms with van der Waals surface area (Å²) in [6.45, 7) is 6.45. The van der Waals surface area contributed by atoms with Crippen LogP contribution >= 0.6 is 11.3 Å². The van der Waals surface area contributed by atoms with Gasteiger partial charge in [0.1, 0.15) is 11.7 Å². The van der Waals surface area contributed by atoms with Gasteiger partial charge in [0.15, 0.2) is 4.80 Å². The molecule has 31 heavy (non-hydrogen) atoms. The molecule has 0 saturated carbocycles. The van der Waals surface area contributed by atoms with E-state index in [-0.39, 0.29) is 5.56 Å². The molecule has 3 aromatic rings. The van der Waals surface area contributed by atoms with Crippen LogP contribution in [0.25, 0.3) is 6.08 Å². The molecule has 0 saturated heterocycles. The number of para-hydroxylation sites is 1. The van der Waals surface area contributed by atoms with Gasteiger partial charge in [0.05, 0.1) is 23.4 Å². The van der Waals surface area contributed by atoms with Crippen LogP contribution in [0.4, 0.5) is 0 Å². The number of nitrogens with zero attached hydrogens (tertiary/aromatic N) is 4. The first-order valence-corrected chi connectivity index (χ1v) is 10.9. The number of esters is 1. The molecular formula is C22H22N4O4S. The Kier molecular flexibility index (Phi) is 4.40. The van der Waals surface area contributed by atoms with Gasteiger partial charge in [0.2, 0.25) is 5.72 Å². The number of methoxy groups -OCH3 is 1. The van der Waals surface area contributed by atoms with Gasteiger partial charge in [0, 0.05) is 23.9 Å². The van der Waals surface area contributed by atoms with Gasteiger partial charge < -0.3 is 9.47 Å². The Balaban J connectivity index is 1.78. The van der Waals surface area contributed by atoms with Crippen LogP contribution in [0.15, 0.2) is 40.2 Å². The summed E-state index contributed by atoms with van der Waals surface area (Å²) < 4.78 is 15.3. The van der Waals surface area contributed by atoms with E-state index in [1.54, 1.807) is 11.5 Å². The second kappa shape index (κ2) is 6.91. The van der Waals surface area contributed by atoms with Crippen molar-refractivity contribution in [2.24, 2.45) is 10.9 Å². The Bertz CT molecular complexity index is 1390. The Hall–Kier alpha value is -3.20. The number of benzene rings is 1. The predicted octanol–water partition coefficient (Wildman–Crippen LogP) is 1.38. The summed E-state index contributed by atoms with van der Waals surface area (Å²) in [5.41, 5.74) is 1.15. The van der Waals surface area contributed by atoms with E-state index in [0.29, 0.717) is 15.1 Å². The third-order valence-electron chi connectivity index (χ3n) is 5.93. The van der Waals surface area contributed by atoms with E-state index in [0.717, 1.165) is 23.4 Å². The second-order valence-electron chi connectivity index (χ2n) is 7.85. The highest BCUT2D eigenvalue weighted by atomic mass is 32.1. The van der Waals surface area contributed by atoms with Crippen molar-refractivity contribution in [2.75, 3.05) is 7.11 Å². The van der Waals surface area contributed by atoms with E-state index in [9.17, 15) is 9.59 Å². The summed E-state index contributed by atoms with van der Waals surface area (Å²) in [6, 6.07) is 6.90. The molecule has 160 valence electrons. The van der Waals surface area contributed by atoms with E-state index in [1.807, 2.05) is 55.1 Å². The maximum absolute atomic E-state index is 13.5. The molecule has 0 N–H and O–H groups in total. The van der Waals surface area contributed by atoms with Gasteiger partial charge in [-0.25, -0.2) is 4.99 Å². The molecule has 0 aliphatic carbocycles.